The van der Waals surface area contributed by atoms with Crippen molar-refractivity contribution in [3.8, 4) is 21.8 Å². The first-order valence-corrected chi connectivity index (χ1v) is 10.0. The van der Waals surface area contributed by atoms with E-state index in [1.54, 1.807) is 29.7 Å². The van der Waals surface area contributed by atoms with Gasteiger partial charge >= 0.3 is 12.1 Å². The van der Waals surface area contributed by atoms with Gasteiger partial charge in [-0.1, -0.05) is 47.6 Å². The molecule has 0 aliphatic carbocycles. The number of amides is 1. The van der Waals surface area contributed by atoms with Crippen LogP contribution in [0, 0.1) is 0 Å². The van der Waals surface area contributed by atoms with E-state index in [0.29, 0.717) is 13.0 Å². The second kappa shape index (κ2) is 8.68. The minimum absolute atomic E-state index is 0.238. The zero-order valence-corrected chi connectivity index (χ0v) is 16.7. The summed E-state index contributed by atoms with van der Waals surface area (Å²) in [6, 6.07) is 15.9. The largest absolute Gasteiger partial charge is 0.471 e. The zero-order chi connectivity index (χ0) is 21.8. The van der Waals surface area contributed by atoms with E-state index in [1.807, 2.05) is 30.3 Å². The molecule has 0 aliphatic heterocycles. The fraction of sp³-hybridized carbons (Fsp3) is 0.143. The van der Waals surface area contributed by atoms with Gasteiger partial charge in [0.15, 0.2) is 0 Å². The molecule has 2 aromatic carbocycles. The van der Waals surface area contributed by atoms with E-state index in [1.165, 1.54) is 12.1 Å². The lowest BCUT2D eigenvalue weighted by molar-refractivity contribution is -0.159. The number of carbonyl (C=O) groups is 1. The third-order valence-corrected chi connectivity index (χ3v) is 5.39. The molecule has 4 aromatic rings. The average molecular weight is 444 g/mol. The maximum atomic E-state index is 12.6. The van der Waals surface area contributed by atoms with Crippen molar-refractivity contribution in [2.24, 2.45) is 0 Å². The summed E-state index contributed by atoms with van der Waals surface area (Å²) in [6.45, 7) is 0.366. The number of thiazole rings is 1. The molecule has 0 unspecified atom stereocenters. The number of alkyl halides is 3. The van der Waals surface area contributed by atoms with Crippen molar-refractivity contribution in [3.63, 3.8) is 0 Å². The molecular formula is C21H15F3N4O2S. The van der Waals surface area contributed by atoms with Crippen molar-refractivity contribution < 1.29 is 22.5 Å². The molecule has 1 amide bonds. The standard InChI is InChI=1S/C21H15F3N4O2S/c22-21(23,24)20-27-18(28-30-20)14-7-4-8-15(11-14)19(29)25-10-9-17-26-12-16(31-17)13-5-2-1-3-6-13/h1-8,11-12H,9-10H2,(H,25,29). The number of hydrogen-bond donors (Lipinski definition) is 1. The number of rotatable bonds is 6. The predicted molar refractivity (Wildman–Crippen MR) is 108 cm³/mol. The maximum Gasteiger partial charge on any atom is 0.471 e. The van der Waals surface area contributed by atoms with E-state index in [4.69, 9.17) is 0 Å². The van der Waals surface area contributed by atoms with Gasteiger partial charge < -0.3 is 9.84 Å². The fourth-order valence-corrected chi connectivity index (χ4v) is 3.72. The summed E-state index contributed by atoms with van der Waals surface area (Å²) in [5.74, 6) is -2.03. The Morgan fingerprint density at radius 1 is 1.06 bits per heavy atom. The number of aromatic nitrogens is 3. The third kappa shape index (κ3) is 4.97. The molecule has 2 heterocycles. The van der Waals surface area contributed by atoms with Gasteiger partial charge in [-0.3, -0.25) is 4.79 Å². The Bertz CT molecular complexity index is 1190. The third-order valence-electron chi connectivity index (χ3n) is 4.29. The minimum Gasteiger partial charge on any atom is -0.352 e. The molecule has 2 aromatic heterocycles. The van der Waals surface area contributed by atoms with Gasteiger partial charge in [-0.25, -0.2) is 4.98 Å². The number of carbonyl (C=O) groups excluding carboxylic acids is 1. The second-order valence-corrected chi connectivity index (χ2v) is 7.61. The SMILES string of the molecule is O=C(NCCc1ncc(-c2ccccc2)s1)c1cccc(-c2noc(C(F)(F)F)n2)c1. The first-order chi connectivity index (χ1) is 14.9. The molecule has 6 nitrogen and oxygen atoms in total. The van der Waals surface area contributed by atoms with Crippen LogP contribution in [0.2, 0.25) is 0 Å². The van der Waals surface area contributed by atoms with E-state index in [0.717, 1.165) is 15.4 Å². The highest BCUT2D eigenvalue weighted by Gasteiger charge is 2.38. The van der Waals surface area contributed by atoms with Gasteiger partial charge in [0, 0.05) is 30.3 Å². The van der Waals surface area contributed by atoms with Gasteiger partial charge in [-0.2, -0.15) is 18.2 Å². The molecule has 0 saturated carbocycles. The van der Waals surface area contributed by atoms with E-state index < -0.39 is 12.1 Å². The molecule has 31 heavy (non-hydrogen) atoms. The van der Waals surface area contributed by atoms with Crippen molar-refractivity contribution >= 4 is 17.2 Å². The van der Waals surface area contributed by atoms with Crippen LogP contribution in [0.25, 0.3) is 21.8 Å². The Morgan fingerprint density at radius 2 is 1.84 bits per heavy atom. The summed E-state index contributed by atoms with van der Waals surface area (Å²) in [6.07, 6.45) is -2.36. The normalized spacial score (nSPS) is 11.5. The van der Waals surface area contributed by atoms with Crippen molar-refractivity contribution in [3.05, 3.63) is 77.3 Å². The first-order valence-electron chi connectivity index (χ1n) is 9.20. The van der Waals surface area contributed by atoms with Crippen LogP contribution in [-0.2, 0) is 12.6 Å². The van der Waals surface area contributed by atoms with Crippen LogP contribution in [-0.4, -0.2) is 27.6 Å². The summed E-state index contributed by atoms with van der Waals surface area (Å²) < 4.78 is 42.2. The Labute approximate surface area is 178 Å². The highest BCUT2D eigenvalue weighted by atomic mass is 32.1. The van der Waals surface area contributed by atoms with Crippen LogP contribution in [0.15, 0.2) is 65.3 Å². The lowest BCUT2D eigenvalue weighted by Crippen LogP contribution is -2.25. The maximum absolute atomic E-state index is 12.6. The van der Waals surface area contributed by atoms with E-state index in [2.05, 4.69) is 25.0 Å². The minimum atomic E-state index is -4.73. The zero-order valence-electron chi connectivity index (χ0n) is 15.9. The molecule has 0 atom stereocenters. The molecular weight excluding hydrogens is 429 g/mol. The molecule has 4 rings (SSSR count). The van der Waals surface area contributed by atoms with Crippen LogP contribution in [0.1, 0.15) is 21.3 Å². The molecule has 1 N–H and O–H groups in total. The van der Waals surface area contributed by atoms with Gasteiger partial charge in [-0.15, -0.1) is 11.3 Å². The Balaban J connectivity index is 1.37. The molecule has 0 radical (unpaired) electrons. The van der Waals surface area contributed by atoms with Gasteiger partial charge in [0.05, 0.1) is 9.88 Å². The lowest BCUT2D eigenvalue weighted by atomic mass is 10.1. The molecule has 10 heteroatoms. The molecule has 0 fully saturated rings. The molecule has 0 bridgehead atoms. The monoisotopic (exact) mass is 444 g/mol. The van der Waals surface area contributed by atoms with Crippen molar-refractivity contribution in [1.29, 1.82) is 0 Å². The number of nitrogens with zero attached hydrogens (tertiary/aromatic N) is 3. The van der Waals surface area contributed by atoms with Crippen molar-refractivity contribution in [1.82, 2.24) is 20.4 Å². The number of hydrogen-bond acceptors (Lipinski definition) is 6. The molecule has 0 spiro atoms. The highest BCUT2D eigenvalue weighted by molar-refractivity contribution is 7.15. The summed E-state index contributed by atoms with van der Waals surface area (Å²) in [7, 11) is 0. The quantitative estimate of drug-likeness (QED) is 0.460. The molecule has 0 saturated heterocycles. The van der Waals surface area contributed by atoms with Crippen LogP contribution < -0.4 is 5.32 Å². The fourth-order valence-electron chi connectivity index (χ4n) is 2.80. The second-order valence-electron chi connectivity index (χ2n) is 6.49. The smallest absolute Gasteiger partial charge is 0.352 e. The summed E-state index contributed by atoms with van der Waals surface area (Å²) in [4.78, 5) is 21.2. The molecule has 0 aliphatic rings. The van der Waals surface area contributed by atoms with Crippen LogP contribution in [0.3, 0.4) is 0 Å². The summed E-state index contributed by atoms with van der Waals surface area (Å²) in [5.41, 5.74) is 1.61. The van der Waals surface area contributed by atoms with Crippen molar-refractivity contribution in [2.45, 2.75) is 12.6 Å². The van der Waals surface area contributed by atoms with Gasteiger partial charge in [0.25, 0.3) is 5.91 Å². The van der Waals surface area contributed by atoms with E-state index >= 15 is 0 Å². The Kier molecular flexibility index (Phi) is 5.81. The first kappa shape index (κ1) is 20.7. The lowest BCUT2D eigenvalue weighted by Gasteiger charge is -2.05. The number of halogens is 3. The summed E-state index contributed by atoms with van der Waals surface area (Å²) >= 11 is 1.56. The van der Waals surface area contributed by atoms with Crippen LogP contribution in [0.5, 0.6) is 0 Å². The summed E-state index contributed by atoms with van der Waals surface area (Å²) in [5, 5.41) is 7.01. The van der Waals surface area contributed by atoms with Gasteiger partial charge in [-0.05, 0) is 17.7 Å². The van der Waals surface area contributed by atoms with Crippen molar-refractivity contribution in [2.75, 3.05) is 6.54 Å². The van der Waals surface area contributed by atoms with E-state index in [9.17, 15) is 18.0 Å². The average Bonchev–Trinajstić information content (AvgIpc) is 3.44. The van der Waals surface area contributed by atoms with Gasteiger partial charge in [0.1, 0.15) is 0 Å². The van der Waals surface area contributed by atoms with Crippen LogP contribution in [0.4, 0.5) is 13.2 Å². The number of nitrogens with one attached hydrogen (secondary N) is 1. The topological polar surface area (TPSA) is 80.9 Å². The van der Waals surface area contributed by atoms with Crippen LogP contribution >= 0.6 is 11.3 Å². The highest BCUT2D eigenvalue weighted by Crippen LogP contribution is 2.29. The molecule has 158 valence electrons. The van der Waals surface area contributed by atoms with E-state index in [-0.39, 0.29) is 22.9 Å². The predicted octanol–water partition coefficient (Wildman–Crippen LogP) is 4.85. The van der Waals surface area contributed by atoms with Gasteiger partial charge in [0.2, 0.25) is 5.82 Å². The number of benzene rings is 2. The Hall–Kier alpha value is -3.53. The Morgan fingerprint density at radius 3 is 2.58 bits per heavy atom.